The molecule has 0 aliphatic carbocycles. The highest BCUT2D eigenvalue weighted by molar-refractivity contribution is 5.92. The number of imidazole rings is 1. The maximum absolute atomic E-state index is 13.5. The molecule has 0 radical (unpaired) electrons. The molecule has 1 saturated heterocycles. The highest BCUT2D eigenvalue weighted by atomic mass is 19.3. The summed E-state index contributed by atoms with van der Waals surface area (Å²) in [5.41, 5.74) is 4.18. The average molecular weight is 518 g/mol. The predicted molar refractivity (Wildman–Crippen MR) is 142 cm³/mol. The average Bonchev–Trinajstić information content (AvgIpc) is 3.51. The first kappa shape index (κ1) is 23.6. The van der Waals surface area contributed by atoms with Gasteiger partial charge in [-0.25, -0.2) is 23.7 Å². The van der Waals surface area contributed by atoms with E-state index in [2.05, 4.69) is 40.6 Å². The van der Waals surface area contributed by atoms with Crippen molar-refractivity contribution in [1.29, 1.82) is 0 Å². The number of alkyl halides is 2. The van der Waals surface area contributed by atoms with Crippen molar-refractivity contribution >= 4 is 39.9 Å². The number of aryl methyl sites for hydroxylation is 1. The van der Waals surface area contributed by atoms with Gasteiger partial charge in [0.05, 0.1) is 36.1 Å². The first-order valence-corrected chi connectivity index (χ1v) is 12.1. The second kappa shape index (κ2) is 9.61. The molecule has 1 aliphatic heterocycles. The monoisotopic (exact) mass is 517 g/mol. The maximum Gasteiger partial charge on any atom is 0.295 e. The minimum atomic E-state index is -2.77. The van der Waals surface area contributed by atoms with Gasteiger partial charge in [-0.1, -0.05) is 6.07 Å². The van der Waals surface area contributed by atoms with Gasteiger partial charge in [-0.3, -0.25) is 4.68 Å². The maximum atomic E-state index is 13.5. The van der Waals surface area contributed by atoms with Crippen LogP contribution in [0, 0.1) is 0 Å². The first-order valence-electron chi connectivity index (χ1n) is 12.1. The van der Waals surface area contributed by atoms with E-state index in [9.17, 15) is 8.78 Å². The number of hydrogen-bond donors (Lipinski definition) is 3. The third kappa shape index (κ3) is 4.44. The van der Waals surface area contributed by atoms with Gasteiger partial charge in [-0.15, -0.1) is 0 Å². The summed E-state index contributed by atoms with van der Waals surface area (Å²) in [5.74, 6) is 1.07. The molecule has 10 nitrogen and oxygen atoms in total. The van der Waals surface area contributed by atoms with Crippen LogP contribution in [0.25, 0.3) is 22.4 Å². The van der Waals surface area contributed by atoms with Crippen LogP contribution in [0.3, 0.4) is 0 Å². The standard InChI is InChI=1S/C26H25F2N9O/c1-36-12-9-17(35-36)16-5-3-6-18(23(16)38-2)30-19-13-21(32-25-22(19)33-26(34-25)24(27)28)31-20-8-7-15(14-29-20)37-10-4-11-37/h3,5-9,12-14,24H,4,10-11H2,1-2H3,(H3,29,30,31,32,33,34). The zero-order valence-corrected chi connectivity index (χ0v) is 20.7. The number of aromatic nitrogens is 6. The van der Waals surface area contributed by atoms with Gasteiger partial charge in [-0.05, 0) is 36.8 Å². The zero-order chi connectivity index (χ0) is 26.2. The summed E-state index contributed by atoms with van der Waals surface area (Å²) in [4.78, 5) is 17.9. The van der Waals surface area contributed by atoms with Crippen LogP contribution < -0.4 is 20.3 Å². The van der Waals surface area contributed by atoms with Gasteiger partial charge in [0, 0.05) is 38.0 Å². The molecule has 5 aromatic rings. The quantitative estimate of drug-likeness (QED) is 0.251. The summed E-state index contributed by atoms with van der Waals surface area (Å²) in [6.45, 7) is 2.05. The molecule has 0 unspecified atom stereocenters. The van der Waals surface area contributed by atoms with Crippen LogP contribution in [-0.2, 0) is 7.05 Å². The zero-order valence-electron chi connectivity index (χ0n) is 20.7. The van der Waals surface area contributed by atoms with Gasteiger partial charge in [0.2, 0.25) is 0 Å². The Labute approximate surface area is 216 Å². The summed E-state index contributed by atoms with van der Waals surface area (Å²) in [5, 5.41) is 11.0. The molecule has 3 N–H and O–H groups in total. The molecule has 0 saturated carbocycles. The molecule has 0 bridgehead atoms. The molecule has 6 rings (SSSR count). The van der Waals surface area contributed by atoms with Gasteiger partial charge in [0.25, 0.3) is 6.43 Å². The van der Waals surface area contributed by atoms with Crippen molar-refractivity contribution in [3.63, 3.8) is 0 Å². The Balaban J connectivity index is 1.37. The highest BCUT2D eigenvalue weighted by Crippen LogP contribution is 2.39. The fraction of sp³-hybridized carbons (Fsp3) is 0.231. The van der Waals surface area contributed by atoms with E-state index in [1.165, 1.54) is 6.42 Å². The molecule has 1 aromatic carbocycles. The SMILES string of the molecule is COc1c(Nc2cc(Nc3ccc(N4CCC4)cn3)nc3nc(C(F)F)[nH]c23)cccc1-c1ccn(C)n1. The van der Waals surface area contributed by atoms with Crippen molar-refractivity contribution in [2.75, 3.05) is 35.7 Å². The number of anilines is 5. The largest absolute Gasteiger partial charge is 0.494 e. The summed E-state index contributed by atoms with van der Waals surface area (Å²) in [6.07, 6.45) is 2.06. The minimum absolute atomic E-state index is 0.143. The van der Waals surface area contributed by atoms with Crippen molar-refractivity contribution in [2.24, 2.45) is 7.05 Å². The lowest BCUT2D eigenvalue weighted by Crippen LogP contribution is -2.36. The summed E-state index contributed by atoms with van der Waals surface area (Å²) in [6, 6.07) is 13.1. The molecular weight excluding hydrogens is 492 g/mol. The van der Waals surface area contributed by atoms with E-state index in [4.69, 9.17) is 4.74 Å². The van der Waals surface area contributed by atoms with Crippen LogP contribution in [0.4, 0.5) is 37.5 Å². The predicted octanol–water partition coefficient (Wildman–Crippen LogP) is 5.40. The Morgan fingerprint density at radius 2 is 1.89 bits per heavy atom. The van der Waals surface area contributed by atoms with E-state index in [0.717, 1.165) is 30.0 Å². The molecular formula is C26H25F2N9O. The summed E-state index contributed by atoms with van der Waals surface area (Å²) >= 11 is 0. The second-order valence-electron chi connectivity index (χ2n) is 8.93. The number of aromatic amines is 1. The third-order valence-corrected chi connectivity index (χ3v) is 6.39. The fourth-order valence-electron chi connectivity index (χ4n) is 4.39. The molecule has 0 amide bonds. The molecule has 5 heterocycles. The Kier molecular flexibility index (Phi) is 5.98. The molecule has 38 heavy (non-hydrogen) atoms. The number of H-pyrrole nitrogens is 1. The number of nitrogens with one attached hydrogen (secondary N) is 3. The Bertz CT molecular complexity index is 1590. The highest BCUT2D eigenvalue weighted by Gasteiger charge is 2.20. The number of halogens is 2. The lowest BCUT2D eigenvalue weighted by Gasteiger charge is -2.32. The van der Waals surface area contributed by atoms with E-state index in [1.807, 2.05) is 49.6 Å². The molecule has 1 aliphatic rings. The normalized spacial score (nSPS) is 13.1. The van der Waals surface area contributed by atoms with Gasteiger partial charge >= 0.3 is 0 Å². The lowest BCUT2D eigenvalue weighted by atomic mass is 10.1. The van der Waals surface area contributed by atoms with Crippen LogP contribution in [0.15, 0.2) is 54.9 Å². The molecule has 1 fully saturated rings. The number of fused-ring (bicyclic) bond motifs is 1. The molecule has 4 aromatic heterocycles. The number of rotatable bonds is 8. The smallest absolute Gasteiger partial charge is 0.295 e. The molecule has 0 atom stereocenters. The van der Waals surface area contributed by atoms with E-state index in [-0.39, 0.29) is 5.65 Å². The van der Waals surface area contributed by atoms with Crippen LogP contribution >= 0.6 is 0 Å². The van der Waals surface area contributed by atoms with E-state index in [1.54, 1.807) is 24.1 Å². The number of pyridine rings is 2. The van der Waals surface area contributed by atoms with Crippen molar-refractivity contribution in [3.05, 3.63) is 60.7 Å². The minimum Gasteiger partial charge on any atom is -0.494 e. The molecule has 194 valence electrons. The molecule has 12 heteroatoms. The Hall–Kier alpha value is -4.74. The van der Waals surface area contributed by atoms with Crippen LogP contribution in [-0.4, -0.2) is 49.9 Å². The summed E-state index contributed by atoms with van der Waals surface area (Å²) in [7, 11) is 3.41. The van der Waals surface area contributed by atoms with E-state index in [0.29, 0.717) is 34.3 Å². The van der Waals surface area contributed by atoms with Crippen molar-refractivity contribution in [2.45, 2.75) is 12.8 Å². The van der Waals surface area contributed by atoms with Crippen molar-refractivity contribution in [3.8, 4) is 17.0 Å². The van der Waals surface area contributed by atoms with Crippen molar-refractivity contribution in [1.82, 2.24) is 29.7 Å². The number of hydrogen-bond acceptors (Lipinski definition) is 8. The fourth-order valence-corrected chi connectivity index (χ4v) is 4.39. The third-order valence-electron chi connectivity index (χ3n) is 6.39. The lowest BCUT2D eigenvalue weighted by molar-refractivity contribution is 0.142. The van der Waals surface area contributed by atoms with Gasteiger partial charge in [-0.2, -0.15) is 5.10 Å². The van der Waals surface area contributed by atoms with Crippen molar-refractivity contribution < 1.29 is 13.5 Å². The Morgan fingerprint density at radius 3 is 2.55 bits per heavy atom. The Morgan fingerprint density at radius 1 is 1.03 bits per heavy atom. The first-order chi connectivity index (χ1) is 18.5. The number of nitrogens with zero attached hydrogens (tertiary/aromatic N) is 6. The number of ether oxygens (including phenoxy) is 1. The van der Waals surface area contributed by atoms with Crippen LogP contribution in [0.5, 0.6) is 5.75 Å². The van der Waals surface area contributed by atoms with Gasteiger partial charge in [0.15, 0.2) is 17.2 Å². The van der Waals surface area contributed by atoms with Gasteiger partial charge in [0.1, 0.15) is 17.2 Å². The van der Waals surface area contributed by atoms with Crippen LogP contribution in [0.1, 0.15) is 18.7 Å². The molecule has 0 spiro atoms. The summed E-state index contributed by atoms with van der Waals surface area (Å²) < 4.78 is 34.5. The van der Waals surface area contributed by atoms with Gasteiger partial charge < -0.3 is 25.3 Å². The topological polar surface area (TPSA) is 109 Å². The number of benzene rings is 1. The van der Waals surface area contributed by atoms with E-state index < -0.39 is 12.2 Å². The number of methoxy groups -OCH3 is 1. The van der Waals surface area contributed by atoms with E-state index >= 15 is 0 Å². The van der Waals surface area contributed by atoms with Crippen LogP contribution in [0.2, 0.25) is 0 Å². The second-order valence-corrected chi connectivity index (χ2v) is 8.93. The number of para-hydroxylation sites is 1.